The summed E-state index contributed by atoms with van der Waals surface area (Å²) in [6.07, 6.45) is -0.891. The van der Waals surface area contributed by atoms with Crippen LogP contribution in [-0.4, -0.2) is 17.2 Å². The number of hydrogen-bond donors (Lipinski definition) is 3. The second-order valence-electron chi connectivity index (χ2n) is 1.26. The summed E-state index contributed by atoms with van der Waals surface area (Å²) in [5, 5.41) is 7.92. The number of nitrogens with two attached hydrogens (primary N) is 2. The zero-order valence-corrected chi connectivity index (χ0v) is 5.04. The van der Waals surface area contributed by atoms with E-state index in [4.69, 9.17) is 16.6 Å². The Kier molecular flexibility index (Phi) is 6.83. The van der Waals surface area contributed by atoms with Crippen LogP contribution in [0.25, 0.3) is 0 Å². The van der Waals surface area contributed by atoms with Gasteiger partial charge in [-0.1, -0.05) is 0 Å². The molecule has 1 radical (unpaired) electrons. The molecule has 0 saturated heterocycles. The van der Waals surface area contributed by atoms with Crippen molar-refractivity contribution in [1.29, 1.82) is 0 Å². The second kappa shape index (κ2) is 5.05. The van der Waals surface area contributed by atoms with Gasteiger partial charge in [0.25, 0.3) is 0 Å². The Labute approximate surface area is 57.7 Å². The first-order chi connectivity index (χ1) is 3.13. The molecule has 5 heteroatoms. The van der Waals surface area contributed by atoms with Crippen LogP contribution in [0.2, 0.25) is 0 Å². The molecule has 0 rings (SSSR count). The molecule has 0 saturated carbocycles. The van der Waals surface area contributed by atoms with Crippen molar-refractivity contribution in [2.75, 3.05) is 0 Å². The zero-order chi connectivity index (χ0) is 5.86. The van der Waals surface area contributed by atoms with Gasteiger partial charge in [-0.15, -0.1) is 0 Å². The minimum Gasteiger partial charge on any atom is -0.481 e. The summed E-state index contributed by atoms with van der Waals surface area (Å²) in [6, 6.07) is 0. The third-order valence-electron chi connectivity index (χ3n) is 0.410. The van der Waals surface area contributed by atoms with Gasteiger partial charge in [0.05, 0.1) is 12.6 Å². The Morgan fingerprint density at radius 1 is 1.62 bits per heavy atom. The van der Waals surface area contributed by atoms with E-state index in [1.54, 1.807) is 0 Å². The standard InChI is InChI=1S/C3H8N2O2.Cu/c4-2(5)1-3(6)7;/h2H,1,4-5H2,(H,6,7);. The number of carboxylic acid groups (broad SMARTS) is 1. The number of aliphatic carboxylic acids is 1. The third-order valence-corrected chi connectivity index (χ3v) is 0.410. The summed E-state index contributed by atoms with van der Waals surface area (Å²) < 4.78 is 0. The topological polar surface area (TPSA) is 89.3 Å². The van der Waals surface area contributed by atoms with E-state index < -0.39 is 12.1 Å². The van der Waals surface area contributed by atoms with E-state index in [1.165, 1.54) is 0 Å². The molecule has 0 aliphatic rings. The quantitative estimate of drug-likeness (QED) is 0.353. The zero-order valence-electron chi connectivity index (χ0n) is 4.10. The summed E-state index contributed by atoms with van der Waals surface area (Å²) in [4.78, 5) is 9.65. The normalized spacial score (nSPS) is 8.38. The minimum atomic E-state index is -0.963. The fourth-order valence-corrected chi connectivity index (χ4v) is 0.202. The fraction of sp³-hybridized carbons (Fsp3) is 0.667. The van der Waals surface area contributed by atoms with Crippen LogP contribution < -0.4 is 11.5 Å². The van der Waals surface area contributed by atoms with Gasteiger partial charge in [-0.2, -0.15) is 0 Å². The van der Waals surface area contributed by atoms with E-state index in [2.05, 4.69) is 0 Å². The molecule has 0 atom stereocenters. The molecule has 8 heavy (non-hydrogen) atoms. The van der Waals surface area contributed by atoms with Gasteiger partial charge >= 0.3 is 5.97 Å². The maximum atomic E-state index is 9.65. The molecule has 0 spiro atoms. The predicted octanol–water partition coefficient (Wildman–Crippen LogP) is -1.30. The third kappa shape index (κ3) is 9.32. The van der Waals surface area contributed by atoms with Crippen molar-refractivity contribution in [2.45, 2.75) is 12.6 Å². The first-order valence-electron chi connectivity index (χ1n) is 1.86. The van der Waals surface area contributed by atoms with Gasteiger partial charge in [0.1, 0.15) is 0 Å². The van der Waals surface area contributed by atoms with Gasteiger partial charge in [-0.25, -0.2) is 0 Å². The van der Waals surface area contributed by atoms with Gasteiger partial charge in [0, 0.05) is 17.1 Å². The monoisotopic (exact) mass is 167 g/mol. The van der Waals surface area contributed by atoms with Crippen molar-refractivity contribution in [1.82, 2.24) is 0 Å². The fourth-order valence-electron chi connectivity index (χ4n) is 0.202. The molecule has 5 N–H and O–H groups in total. The molecule has 0 aromatic carbocycles. The Bertz CT molecular complexity index is 75.7. The summed E-state index contributed by atoms with van der Waals surface area (Å²) in [7, 11) is 0. The molecule has 0 aromatic rings. The molecular formula is C3H8CuN2O2. The SMILES string of the molecule is NC(N)CC(=O)O.[Cu]. The molecular weight excluding hydrogens is 160 g/mol. The van der Waals surface area contributed by atoms with E-state index in [1.807, 2.05) is 0 Å². The van der Waals surface area contributed by atoms with Crippen LogP contribution in [-0.2, 0) is 21.9 Å². The van der Waals surface area contributed by atoms with Crippen molar-refractivity contribution in [2.24, 2.45) is 11.5 Å². The van der Waals surface area contributed by atoms with Crippen LogP contribution >= 0.6 is 0 Å². The second-order valence-corrected chi connectivity index (χ2v) is 1.26. The predicted molar refractivity (Wildman–Crippen MR) is 24.4 cm³/mol. The van der Waals surface area contributed by atoms with Crippen LogP contribution in [0.4, 0.5) is 0 Å². The van der Waals surface area contributed by atoms with Crippen molar-refractivity contribution in [3.8, 4) is 0 Å². The van der Waals surface area contributed by atoms with Crippen molar-refractivity contribution >= 4 is 5.97 Å². The first kappa shape index (κ1) is 10.8. The van der Waals surface area contributed by atoms with Gasteiger partial charge in [0.15, 0.2) is 0 Å². The number of hydrogen-bond acceptors (Lipinski definition) is 3. The van der Waals surface area contributed by atoms with E-state index in [9.17, 15) is 4.79 Å². The molecule has 4 nitrogen and oxygen atoms in total. The summed E-state index contributed by atoms with van der Waals surface area (Å²) in [5.74, 6) is -0.963. The van der Waals surface area contributed by atoms with Crippen molar-refractivity contribution < 1.29 is 27.0 Å². The molecule has 0 aliphatic heterocycles. The molecule has 53 valence electrons. The maximum Gasteiger partial charge on any atom is 0.306 e. The van der Waals surface area contributed by atoms with E-state index in [0.29, 0.717) is 0 Å². The van der Waals surface area contributed by atoms with E-state index in [-0.39, 0.29) is 23.5 Å². The van der Waals surface area contributed by atoms with Gasteiger partial charge in [0.2, 0.25) is 0 Å². The maximum absolute atomic E-state index is 9.65. The molecule has 0 amide bonds. The Morgan fingerprint density at radius 3 is 2.00 bits per heavy atom. The molecule has 0 fully saturated rings. The van der Waals surface area contributed by atoms with Gasteiger partial charge in [-0.3, -0.25) is 4.79 Å². The Balaban J connectivity index is 0. The van der Waals surface area contributed by atoms with Crippen LogP contribution in [0.3, 0.4) is 0 Å². The largest absolute Gasteiger partial charge is 0.481 e. The Hall–Kier alpha value is -0.0905. The molecule has 0 unspecified atom stereocenters. The van der Waals surface area contributed by atoms with Crippen LogP contribution in [0, 0.1) is 0 Å². The van der Waals surface area contributed by atoms with E-state index >= 15 is 0 Å². The van der Waals surface area contributed by atoms with Gasteiger partial charge < -0.3 is 16.6 Å². The van der Waals surface area contributed by atoms with Crippen LogP contribution in [0.5, 0.6) is 0 Å². The summed E-state index contributed by atoms with van der Waals surface area (Å²) in [6.45, 7) is 0. The Morgan fingerprint density at radius 2 is 2.00 bits per heavy atom. The van der Waals surface area contributed by atoms with Gasteiger partial charge in [-0.05, 0) is 0 Å². The molecule has 0 aromatic heterocycles. The minimum absolute atomic E-state index is 0. The first-order valence-corrected chi connectivity index (χ1v) is 1.86. The average molecular weight is 168 g/mol. The number of carboxylic acids is 1. The average Bonchev–Trinajstić information content (AvgIpc) is 1.27. The van der Waals surface area contributed by atoms with Crippen molar-refractivity contribution in [3.05, 3.63) is 0 Å². The van der Waals surface area contributed by atoms with Crippen LogP contribution in [0.1, 0.15) is 6.42 Å². The van der Waals surface area contributed by atoms with E-state index in [0.717, 1.165) is 0 Å². The van der Waals surface area contributed by atoms with Crippen molar-refractivity contribution in [3.63, 3.8) is 0 Å². The summed E-state index contributed by atoms with van der Waals surface area (Å²) >= 11 is 0. The molecule has 0 bridgehead atoms. The number of rotatable bonds is 2. The molecule has 0 heterocycles. The summed E-state index contributed by atoms with van der Waals surface area (Å²) in [5.41, 5.74) is 9.78. The van der Waals surface area contributed by atoms with Crippen LogP contribution in [0.15, 0.2) is 0 Å². The number of carbonyl (C=O) groups is 1. The smallest absolute Gasteiger partial charge is 0.306 e. The molecule has 0 aliphatic carbocycles.